The number of likely N-dealkylation sites (N-methyl/N-ethyl adjacent to an activating group) is 1. The largest absolute Gasteiger partial charge is 0.351 e. The molecule has 2 aromatic carbocycles. The van der Waals surface area contributed by atoms with Crippen LogP contribution in [0.4, 0.5) is 5.69 Å². The lowest BCUT2D eigenvalue weighted by molar-refractivity contribution is 0.0951. The monoisotopic (exact) mass is 361 g/mol. The molecule has 0 bridgehead atoms. The zero-order valence-corrected chi connectivity index (χ0v) is 15.4. The number of carbonyl (C=O) groups excluding carboxylic acids is 1. The van der Waals surface area contributed by atoms with Crippen LogP contribution in [0.2, 0.25) is 0 Å². The van der Waals surface area contributed by atoms with Crippen LogP contribution in [-0.2, 0) is 10.0 Å². The van der Waals surface area contributed by atoms with Gasteiger partial charge in [0.25, 0.3) is 15.9 Å². The Hall–Kier alpha value is -2.38. The number of benzene rings is 2. The highest BCUT2D eigenvalue weighted by molar-refractivity contribution is 7.92. The second-order valence-corrected chi connectivity index (χ2v) is 7.69. The maximum Gasteiger partial charge on any atom is 0.261 e. The fraction of sp³-hybridized carbons (Fsp3) is 0.278. The number of rotatable bonds is 7. The first-order valence-corrected chi connectivity index (χ1v) is 9.39. The van der Waals surface area contributed by atoms with Crippen molar-refractivity contribution in [2.45, 2.75) is 11.8 Å². The molecule has 0 radical (unpaired) electrons. The van der Waals surface area contributed by atoms with Crippen molar-refractivity contribution in [1.82, 2.24) is 10.2 Å². The summed E-state index contributed by atoms with van der Waals surface area (Å²) in [6.45, 7) is 3.02. The molecule has 0 saturated carbocycles. The van der Waals surface area contributed by atoms with Crippen molar-refractivity contribution in [3.8, 4) is 0 Å². The molecular weight excluding hydrogens is 338 g/mol. The highest BCUT2D eigenvalue weighted by Gasteiger charge is 2.17. The molecule has 25 heavy (non-hydrogen) atoms. The van der Waals surface area contributed by atoms with Gasteiger partial charge in [-0.1, -0.05) is 24.3 Å². The summed E-state index contributed by atoms with van der Waals surface area (Å²) >= 11 is 0. The van der Waals surface area contributed by atoms with Gasteiger partial charge in [0.1, 0.15) is 0 Å². The summed E-state index contributed by atoms with van der Waals surface area (Å²) in [4.78, 5) is 14.2. The summed E-state index contributed by atoms with van der Waals surface area (Å²) in [5.74, 6) is -0.296. The van der Waals surface area contributed by atoms with Crippen LogP contribution in [0.3, 0.4) is 0 Å². The van der Waals surface area contributed by atoms with E-state index in [-0.39, 0.29) is 10.8 Å². The normalized spacial score (nSPS) is 11.4. The van der Waals surface area contributed by atoms with E-state index in [9.17, 15) is 13.2 Å². The molecule has 0 heterocycles. The number of anilines is 1. The molecule has 0 aliphatic rings. The lowest BCUT2D eigenvalue weighted by Crippen LogP contribution is -2.31. The minimum atomic E-state index is -3.76. The Morgan fingerprint density at radius 1 is 1.08 bits per heavy atom. The number of amides is 1. The van der Waals surface area contributed by atoms with Gasteiger partial charge in [-0.25, -0.2) is 8.42 Å². The highest BCUT2D eigenvalue weighted by Crippen LogP contribution is 2.20. The van der Waals surface area contributed by atoms with Gasteiger partial charge in [0.15, 0.2) is 0 Å². The van der Waals surface area contributed by atoms with E-state index in [1.165, 1.54) is 12.1 Å². The minimum Gasteiger partial charge on any atom is -0.351 e. The Bertz CT molecular complexity index is 848. The smallest absolute Gasteiger partial charge is 0.261 e. The summed E-state index contributed by atoms with van der Waals surface area (Å²) < 4.78 is 27.7. The van der Waals surface area contributed by atoms with E-state index >= 15 is 0 Å². The molecule has 0 saturated heterocycles. The van der Waals surface area contributed by atoms with Crippen molar-refractivity contribution in [3.05, 3.63) is 59.7 Å². The lowest BCUT2D eigenvalue weighted by atomic mass is 10.2. The van der Waals surface area contributed by atoms with Gasteiger partial charge in [-0.15, -0.1) is 0 Å². The quantitative estimate of drug-likeness (QED) is 0.791. The standard InChI is InChI=1S/C18H23N3O3S/c1-14-7-4-5-10-17(14)20-25(23,24)16-9-6-8-15(13-16)18(22)19-11-12-21(2)3/h4-10,13,20H,11-12H2,1-3H3,(H,19,22). The zero-order chi connectivity index (χ0) is 18.4. The Balaban J connectivity index is 2.17. The average molecular weight is 361 g/mol. The first-order chi connectivity index (χ1) is 11.8. The van der Waals surface area contributed by atoms with Gasteiger partial charge in [0.2, 0.25) is 0 Å². The Morgan fingerprint density at radius 2 is 1.80 bits per heavy atom. The maximum absolute atomic E-state index is 12.6. The number of carbonyl (C=O) groups is 1. The number of para-hydroxylation sites is 1. The Labute approximate surface area is 148 Å². The van der Waals surface area contributed by atoms with E-state index in [0.29, 0.717) is 24.3 Å². The fourth-order valence-corrected chi connectivity index (χ4v) is 3.37. The van der Waals surface area contributed by atoms with Crippen LogP contribution in [-0.4, -0.2) is 46.4 Å². The number of aryl methyl sites for hydroxylation is 1. The van der Waals surface area contributed by atoms with E-state index in [1.807, 2.05) is 38.1 Å². The number of nitrogens with one attached hydrogen (secondary N) is 2. The first-order valence-electron chi connectivity index (χ1n) is 7.91. The van der Waals surface area contributed by atoms with Crippen LogP contribution in [0.25, 0.3) is 0 Å². The molecule has 0 spiro atoms. The average Bonchev–Trinajstić information content (AvgIpc) is 2.56. The molecular formula is C18H23N3O3S. The third kappa shape index (κ3) is 5.30. The molecule has 0 fully saturated rings. The van der Waals surface area contributed by atoms with Crippen molar-refractivity contribution in [2.24, 2.45) is 0 Å². The number of hydrogen-bond donors (Lipinski definition) is 2. The summed E-state index contributed by atoms with van der Waals surface area (Å²) in [6, 6.07) is 13.1. The van der Waals surface area contributed by atoms with E-state index in [0.717, 1.165) is 5.56 Å². The molecule has 0 aromatic heterocycles. The topological polar surface area (TPSA) is 78.5 Å². The van der Waals surface area contributed by atoms with Gasteiger partial charge in [-0.2, -0.15) is 0 Å². The molecule has 2 N–H and O–H groups in total. The lowest BCUT2D eigenvalue weighted by Gasteiger charge is -2.12. The number of sulfonamides is 1. The van der Waals surface area contributed by atoms with Crippen molar-refractivity contribution in [1.29, 1.82) is 0 Å². The zero-order valence-electron chi connectivity index (χ0n) is 14.6. The van der Waals surface area contributed by atoms with Gasteiger partial charge in [0, 0.05) is 18.7 Å². The van der Waals surface area contributed by atoms with Crippen molar-refractivity contribution >= 4 is 21.6 Å². The van der Waals surface area contributed by atoms with Crippen LogP contribution in [0, 0.1) is 6.92 Å². The van der Waals surface area contributed by atoms with Gasteiger partial charge in [-0.05, 0) is 50.8 Å². The van der Waals surface area contributed by atoms with Crippen molar-refractivity contribution in [3.63, 3.8) is 0 Å². The molecule has 7 heteroatoms. The molecule has 2 rings (SSSR count). The second-order valence-electron chi connectivity index (χ2n) is 6.01. The molecule has 0 atom stereocenters. The number of hydrogen-bond acceptors (Lipinski definition) is 4. The minimum absolute atomic E-state index is 0.0519. The molecule has 6 nitrogen and oxygen atoms in total. The third-order valence-corrected chi connectivity index (χ3v) is 5.00. The van der Waals surface area contributed by atoms with Gasteiger partial charge < -0.3 is 10.2 Å². The maximum atomic E-state index is 12.6. The predicted molar refractivity (Wildman–Crippen MR) is 99.3 cm³/mol. The van der Waals surface area contributed by atoms with E-state index < -0.39 is 10.0 Å². The van der Waals surface area contributed by atoms with Crippen LogP contribution >= 0.6 is 0 Å². The molecule has 2 aromatic rings. The highest BCUT2D eigenvalue weighted by atomic mass is 32.2. The summed E-state index contributed by atoms with van der Waals surface area (Å²) in [7, 11) is 0.0625. The Kier molecular flexibility index (Phi) is 6.17. The second kappa shape index (κ2) is 8.13. The van der Waals surface area contributed by atoms with E-state index in [1.54, 1.807) is 24.3 Å². The van der Waals surface area contributed by atoms with Crippen LogP contribution in [0.1, 0.15) is 15.9 Å². The molecule has 1 amide bonds. The first kappa shape index (κ1) is 19.0. The van der Waals surface area contributed by atoms with Crippen LogP contribution < -0.4 is 10.0 Å². The van der Waals surface area contributed by atoms with Crippen LogP contribution in [0.15, 0.2) is 53.4 Å². The van der Waals surface area contributed by atoms with Crippen molar-refractivity contribution in [2.75, 3.05) is 31.9 Å². The summed E-state index contributed by atoms with van der Waals surface area (Å²) in [5.41, 5.74) is 1.65. The SMILES string of the molecule is Cc1ccccc1NS(=O)(=O)c1cccc(C(=O)NCCN(C)C)c1. The summed E-state index contributed by atoms with van der Waals surface area (Å²) in [6.07, 6.45) is 0. The predicted octanol–water partition coefficient (Wildman–Crippen LogP) is 2.09. The van der Waals surface area contributed by atoms with Gasteiger partial charge in [0.05, 0.1) is 10.6 Å². The Morgan fingerprint density at radius 3 is 2.48 bits per heavy atom. The molecule has 0 aliphatic carbocycles. The molecule has 0 aliphatic heterocycles. The van der Waals surface area contributed by atoms with Crippen LogP contribution in [0.5, 0.6) is 0 Å². The van der Waals surface area contributed by atoms with E-state index in [2.05, 4.69) is 10.0 Å². The molecule has 134 valence electrons. The number of nitrogens with zero attached hydrogens (tertiary/aromatic N) is 1. The van der Waals surface area contributed by atoms with E-state index in [4.69, 9.17) is 0 Å². The fourth-order valence-electron chi connectivity index (χ4n) is 2.19. The summed E-state index contributed by atoms with van der Waals surface area (Å²) in [5, 5.41) is 2.77. The van der Waals surface area contributed by atoms with Gasteiger partial charge in [-0.3, -0.25) is 9.52 Å². The third-order valence-electron chi connectivity index (χ3n) is 3.64. The molecule has 0 unspecified atom stereocenters. The van der Waals surface area contributed by atoms with Crippen molar-refractivity contribution < 1.29 is 13.2 Å². The van der Waals surface area contributed by atoms with Gasteiger partial charge >= 0.3 is 0 Å².